The predicted octanol–water partition coefficient (Wildman–Crippen LogP) is 3.71. The summed E-state index contributed by atoms with van der Waals surface area (Å²) in [5.74, 6) is 0. The SMILES string of the molecule is CC(C)(C)OC(=O)N1CCC2CCC(C1)N2c1ccc(Cl)nc1. The molecule has 0 saturated carbocycles. The molecule has 2 bridgehead atoms. The van der Waals surface area contributed by atoms with Crippen LogP contribution in [0.15, 0.2) is 18.3 Å². The molecular weight excluding hydrogens is 314 g/mol. The van der Waals surface area contributed by atoms with Crippen molar-refractivity contribution in [3.8, 4) is 0 Å². The molecule has 5 nitrogen and oxygen atoms in total. The third-order valence-electron chi connectivity index (χ3n) is 4.44. The fraction of sp³-hybridized carbons (Fsp3) is 0.647. The van der Waals surface area contributed by atoms with E-state index in [-0.39, 0.29) is 6.09 Å². The number of anilines is 1. The van der Waals surface area contributed by atoms with Crippen LogP contribution in [0.25, 0.3) is 0 Å². The fourth-order valence-corrected chi connectivity index (χ4v) is 3.62. The molecular formula is C17H24ClN3O2. The number of carbonyl (C=O) groups excluding carboxylic acids is 1. The monoisotopic (exact) mass is 337 g/mol. The molecule has 1 aromatic rings. The highest BCUT2D eigenvalue weighted by molar-refractivity contribution is 6.29. The average molecular weight is 338 g/mol. The zero-order valence-corrected chi connectivity index (χ0v) is 14.7. The molecule has 2 fully saturated rings. The summed E-state index contributed by atoms with van der Waals surface area (Å²) in [5, 5.41) is 0.506. The topological polar surface area (TPSA) is 45.7 Å². The smallest absolute Gasteiger partial charge is 0.410 e. The van der Waals surface area contributed by atoms with Gasteiger partial charge in [-0.3, -0.25) is 0 Å². The Morgan fingerprint density at radius 3 is 2.65 bits per heavy atom. The third kappa shape index (κ3) is 3.71. The van der Waals surface area contributed by atoms with Gasteiger partial charge in [-0.2, -0.15) is 0 Å². The average Bonchev–Trinajstić information content (AvgIpc) is 2.72. The number of rotatable bonds is 1. The summed E-state index contributed by atoms with van der Waals surface area (Å²) >= 11 is 5.90. The first kappa shape index (κ1) is 16.4. The van der Waals surface area contributed by atoms with Gasteiger partial charge < -0.3 is 14.5 Å². The van der Waals surface area contributed by atoms with Gasteiger partial charge in [0.1, 0.15) is 10.8 Å². The maximum absolute atomic E-state index is 12.4. The van der Waals surface area contributed by atoms with Crippen molar-refractivity contribution < 1.29 is 9.53 Å². The zero-order valence-electron chi connectivity index (χ0n) is 14.0. The molecule has 126 valence electrons. The van der Waals surface area contributed by atoms with Gasteiger partial charge in [-0.25, -0.2) is 9.78 Å². The van der Waals surface area contributed by atoms with E-state index in [2.05, 4.69) is 9.88 Å². The Hall–Kier alpha value is -1.49. The first-order chi connectivity index (χ1) is 10.8. The summed E-state index contributed by atoms with van der Waals surface area (Å²) in [6.45, 7) is 7.16. The molecule has 2 aliphatic heterocycles. The number of fused-ring (bicyclic) bond motifs is 2. The molecule has 2 aliphatic rings. The highest BCUT2D eigenvalue weighted by Crippen LogP contribution is 2.35. The van der Waals surface area contributed by atoms with Crippen molar-refractivity contribution in [1.29, 1.82) is 0 Å². The molecule has 0 radical (unpaired) electrons. The highest BCUT2D eigenvalue weighted by atomic mass is 35.5. The molecule has 0 N–H and O–H groups in total. The number of amides is 1. The van der Waals surface area contributed by atoms with Gasteiger partial charge in [-0.1, -0.05) is 11.6 Å². The Kier molecular flexibility index (Phi) is 4.41. The van der Waals surface area contributed by atoms with E-state index in [0.29, 0.717) is 23.8 Å². The number of pyridine rings is 1. The number of ether oxygens (including phenoxy) is 1. The quantitative estimate of drug-likeness (QED) is 0.733. The van der Waals surface area contributed by atoms with Crippen molar-refractivity contribution >= 4 is 23.4 Å². The molecule has 3 heterocycles. The van der Waals surface area contributed by atoms with Gasteiger partial charge in [-0.15, -0.1) is 0 Å². The summed E-state index contributed by atoms with van der Waals surface area (Å²) in [5.41, 5.74) is 0.635. The minimum atomic E-state index is -0.456. The fourth-order valence-electron chi connectivity index (χ4n) is 3.51. The van der Waals surface area contributed by atoms with Crippen LogP contribution in [0.2, 0.25) is 5.15 Å². The van der Waals surface area contributed by atoms with Crippen LogP contribution < -0.4 is 4.90 Å². The lowest BCUT2D eigenvalue weighted by molar-refractivity contribution is 0.0243. The molecule has 3 rings (SSSR count). The molecule has 2 atom stereocenters. The van der Waals surface area contributed by atoms with Gasteiger partial charge >= 0.3 is 6.09 Å². The third-order valence-corrected chi connectivity index (χ3v) is 4.67. The van der Waals surface area contributed by atoms with Crippen molar-refractivity contribution in [2.75, 3.05) is 18.0 Å². The molecule has 23 heavy (non-hydrogen) atoms. The zero-order chi connectivity index (χ0) is 16.6. The first-order valence-electron chi connectivity index (χ1n) is 8.21. The summed E-state index contributed by atoms with van der Waals surface area (Å²) in [6.07, 6.45) is 4.83. The lowest BCUT2D eigenvalue weighted by atomic mass is 10.1. The minimum Gasteiger partial charge on any atom is -0.444 e. The lowest BCUT2D eigenvalue weighted by Crippen LogP contribution is -2.43. The number of halogens is 1. The second-order valence-corrected chi connectivity index (χ2v) is 7.73. The van der Waals surface area contributed by atoms with Gasteiger partial charge in [0.2, 0.25) is 0 Å². The number of carbonyl (C=O) groups is 1. The largest absolute Gasteiger partial charge is 0.444 e. The number of likely N-dealkylation sites (tertiary alicyclic amines) is 1. The van der Waals surface area contributed by atoms with Crippen LogP contribution in [-0.4, -0.2) is 46.8 Å². The summed E-state index contributed by atoms with van der Waals surface area (Å²) < 4.78 is 5.54. The summed E-state index contributed by atoms with van der Waals surface area (Å²) in [4.78, 5) is 20.9. The lowest BCUT2D eigenvalue weighted by Gasteiger charge is -2.31. The normalized spacial score (nSPS) is 24.5. The van der Waals surface area contributed by atoms with Crippen LogP contribution in [0.4, 0.5) is 10.5 Å². The Balaban J connectivity index is 1.75. The van der Waals surface area contributed by atoms with Crippen molar-refractivity contribution in [3.05, 3.63) is 23.5 Å². The van der Waals surface area contributed by atoms with Crippen LogP contribution in [-0.2, 0) is 4.74 Å². The molecule has 0 spiro atoms. The molecule has 1 amide bonds. The maximum Gasteiger partial charge on any atom is 0.410 e. The van der Waals surface area contributed by atoms with Gasteiger partial charge in [0.05, 0.1) is 11.9 Å². The number of hydrogen-bond donors (Lipinski definition) is 0. The van der Waals surface area contributed by atoms with E-state index in [9.17, 15) is 4.79 Å². The van der Waals surface area contributed by atoms with E-state index in [0.717, 1.165) is 31.5 Å². The van der Waals surface area contributed by atoms with E-state index >= 15 is 0 Å². The molecule has 2 saturated heterocycles. The standard InChI is InChI=1S/C17H24ClN3O2/c1-17(2,3)23-16(22)20-9-8-12-4-5-14(11-20)21(12)13-6-7-15(18)19-10-13/h6-7,10,12,14H,4-5,8-9,11H2,1-3H3. The number of aromatic nitrogens is 1. The highest BCUT2D eigenvalue weighted by Gasteiger charge is 2.39. The molecule has 0 aromatic carbocycles. The Bertz CT molecular complexity index is 570. The van der Waals surface area contributed by atoms with Gasteiger partial charge in [0.25, 0.3) is 0 Å². The second kappa shape index (κ2) is 6.19. The van der Waals surface area contributed by atoms with E-state index < -0.39 is 5.60 Å². The maximum atomic E-state index is 12.4. The molecule has 0 aliphatic carbocycles. The van der Waals surface area contributed by atoms with Crippen molar-refractivity contribution in [3.63, 3.8) is 0 Å². The van der Waals surface area contributed by atoms with E-state index in [1.54, 1.807) is 0 Å². The predicted molar refractivity (Wildman–Crippen MR) is 91.0 cm³/mol. The Labute approximate surface area is 142 Å². The minimum absolute atomic E-state index is 0.209. The summed E-state index contributed by atoms with van der Waals surface area (Å²) in [7, 11) is 0. The van der Waals surface area contributed by atoms with E-state index in [1.165, 1.54) is 0 Å². The van der Waals surface area contributed by atoms with E-state index in [1.807, 2.05) is 44.0 Å². The molecule has 6 heteroatoms. The van der Waals surface area contributed by atoms with Crippen LogP contribution >= 0.6 is 11.6 Å². The van der Waals surface area contributed by atoms with Crippen molar-refractivity contribution in [2.24, 2.45) is 0 Å². The summed E-state index contributed by atoms with van der Waals surface area (Å²) in [6, 6.07) is 4.62. The van der Waals surface area contributed by atoms with Crippen LogP contribution in [0, 0.1) is 0 Å². The van der Waals surface area contributed by atoms with Crippen molar-refractivity contribution in [1.82, 2.24) is 9.88 Å². The Morgan fingerprint density at radius 2 is 2.00 bits per heavy atom. The van der Waals surface area contributed by atoms with Crippen LogP contribution in [0.1, 0.15) is 40.0 Å². The van der Waals surface area contributed by atoms with Crippen LogP contribution in [0.3, 0.4) is 0 Å². The number of hydrogen-bond acceptors (Lipinski definition) is 4. The molecule has 2 unspecified atom stereocenters. The van der Waals surface area contributed by atoms with E-state index in [4.69, 9.17) is 16.3 Å². The molecule has 1 aromatic heterocycles. The van der Waals surface area contributed by atoms with Gasteiger partial charge in [0, 0.05) is 25.2 Å². The van der Waals surface area contributed by atoms with Gasteiger partial charge in [-0.05, 0) is 52.2 Å². The number of nitrogens with zero attached hydrogens (tertiary/aromatic N) is 3. The Morgan fingerprint density at radius 1 is 1.26 bits per heavy atom. The van der Waals surface area contributed by atoms with Crippen LogP contribution in [0.5, 0.6) is 0 Å². The second-order valence-electron chi connectivity index (χ2n) is 7.35. The van der Waals surface area contributed by atoms with Crippen molar-refractivity contribution in [2.45, 2.75) is 57.7 Å². The first-order valence-corrected chi connectivity index (χ1v) is 8.59. The van der Waals surface area contributed by atoms with Gasteiger partial charge in [0.15, 0.2) is 0 Å².